The number of aliphatic hydroxyl groups is 1. The van der Waals surface area contributed by atoms with Gasteiger partial charge in [-0.1, -0.05) is 6.92 Å². The Balaban J connectivity index is 3.05. The largest absolute Gasteiger partial charge is 0.396 e. The first-order chi connectivity index (χ1) is 7.89. The smallest absolute Gasteiger partial charge is 0.242 e. The van der Waals surface area contributed by atoms with Crippen molar-refractivity contribution in [1.29, 1.82) is 0 Å². The molecule has 0 saturated carbocycles. The predicted molar refractivity (Wildman–Crippen MR) is 46.8 cm³/mol. The number of hydrogen-bond donors (Lipinski definition) is 1. The minimum atomic E-state index is -2.86. The summed E-state index contributed by atoms with van der Waals surface area (Å²) >= 11 is 0. The molecule has 1 rings (SSSR count). The molecule has 4 heteroatoms. The molecule has 0 bridgehead atoms. The maximum Gasteiger partial charge on any atom is 0.242 e. The summed E-state index contributed by atoms with van der Waals surface area (Å²) < 4.78 is 62.3. The zero-order valence-electron chi connectivity index (χ0n) is 12.4. The van der Waals surface area contributed by atoms with Gasteiger partial charge in [0.1, 0.15) is 0 Å². The second-order valence-corrected chi connectivity index (χ2v) is 3.68. The molecule has 0 spiro atoms. The van der Waals surface area contributed by atoms with Gasteiger partial charge in [0.05, 0.1) is 9.30 Å². The summed E-state index contributed by atoms with van der Waals surface area (Å²) in [6.07, 6.45) is -2.96. The highest BCUT2D eigenvalue weighted by atomic mass is 19.3. The van der Waals surface area contributed by atoms with Gasteiger partial charge in [-0.25, -0.2) is 8.78 Å². The van der Waals surface area contributed by atoms with Crippen LogP contribution in [0.1, 0.15) is 20.2 Å². The average molecular weight is 198 g/mol. The standard InChI is InChI=1S/C9H17F2NO/c1-9(6-13)5-12(2)4-3-7(9)8(10)11/h7-8,13H,3-6H2,1-2H3/i2D3,6D2. The highest BCUT2D eigenvalue weighted by Crippen LogP contribution is 2.38. The monoisotopic (exact) mass is 198 g/mol. The minimum Gasteiger partial charge on any atom is -0.396 e. The van der Waals surface area contributed by atoms with Crippen LogP contribution < -0.4 is 0 Å². The number of hydrogen-bond acceptors (Lipinski definition) is 2. The minimum absolute atomic E-state index is 0.0584. The fourth-order valence-electron chi connectivity index (χ4n) is 1.73. The van der Waals surface area contributed by atoms with Crippen LogP contribution in [0.2, 0.25) is 0 Å². The van der Waals surface area contributed by atoms with Gasteiger partial charge < -0.3 is 10.0 Å². The molecule has 0 aromatic carbocycles. The average Bonchev–Trinajstić information content (AvgIpc) is 2.13. The Bertz CT molecular complexity index is 306. The number of likely N-dealkylation sites (tertiary alicyclic amines) is 1. The Hall–Kier alpha value is -0.220. The Labute approximate surface area is 84.6 Å². The highest BCUT2D eigenvalue weighted by molar-refractivity contribution is 4.90. The third-order valence-electron chi connectivity index (χ3n) is 2.61. The Morgan fingerprint density at radius 1 is 1.85 bits per heavy atom. The SMILES string of the molecule is [2H]C([2H])([2H])N1CCC(C(F)F)C(C)(C([2H])([2H])O)C1. The van der Waals surface area contributed by atoms with Crippen molar-refractivity contribution in [1.82, 2.24) is 4.90 Å². The molecule has 0 aromatic rings. The molecule has 13 heavy (non-hydrogen) atoms. The van der Waals surface area contributed by atoms with Crippen molar-refractivity contribution in [2.45, 2.75) is 19.8 Å². The van der Waals surface area contributed by atoms with Crippen molar-refractivity contribution < 1.29 is 20.7 Å². The molecular formula is C9H17F2NO. The van der Waals surface area contributed by atoms with Crippen molar-refractivity contribution in [2.24, 2.45) is 11.3 Å². The Morgan fingerprint density at radius 3 is 3.00 bits per heavy atom. The van der Waals surface area contributed by atoms with E-state index in [9.17, 15) is 13.9 Å². The molecule has 2 unspecified atom stereocenters. The summed E-state index contributed by atoms with van der Waals surface area (Å²) in [7, 11) is 0. The fourth-order valence-corrected chi connectivity index (χ4v) is 1.73. The van der Waals surface area contributed by atoms with Crippen molar-refractivity contribution in [3.63, 3.8) is 0 Å². The van der Waals surface area contributed by atoms with Crippen LogP contribution in [0.4, 0.5) is 8.78 Å². The topological polar surface area (TPSA) is 23.5 Å². The van der Waals surface area contributed by atoms with Gasteiger partial charge in [-0.05, 0) is 19.9 Å². The van der Waals surface area contributed by atoms with E-state index in [1.165, 1.54) is 6.92 Å². The first-order valence-electron chi connectivity index (χ1n) is 6.65. The molecule has 0 amide bonds. The van der Waals surface area contributed by atoms with Crippen LogP contribution in [0, 0.1) is 11.3 Å². The number of nitrogens with zero attached hydrogens (tertiary/aromatic N) is 1. The van der Waals surface area contributed by atoms with Gasteiger partial charge in [0, 0.05) is 22.0 Å². The summed E-state index contributed by atoms with van der Waals surface area (Å²) in [5.74, 6) is -1.36. The highest BCUT2D eigenvalue weighted by Gasteiger charge is 2.42. The second kappa shape index (κ2) is 3.88. The lowest BCUT2D eigenvalue weighted by atomic mass is 9.73. The summed E-state index contributed by atoms with van der Waals surface area (Å²) in [5, 5.41) is 9.49. The molecule has 1 fully saturated rings. The molecule has 1 N–H and O–H groups in total. The molecule has 0 radical (unpaired) electrons. The van der Waals surface area contributed by atoms with Gasteiger partial charge in [-0.2, -0.15) is 0 Å². The van der Waals surface area contributed by atoms with Crippen molar-refractivity contribution in [2.75, 3.05) is 26.6 Å². The summed E-state index contributed by atoms with van der Waals surface area (Å²) in [6.45, 7) is -4.65. The van der Waals surface area contributed by atoms with E-state index in [4.69, 9.17) is 6.85 Å². The van der Waals surface area contributed by atoms with Gasteiger partial charge in [-0.3, -0.25) is 0 Å². The predicted octanol–water partition coefficient (Wildman–Crippen LogP) is 1.20. The van der Waals surface area contributed by atoms with E-state index >= 15 is 0 Å². The molecule has 2 atom stereocenters. The second-order valence-electron chi connectivity index (χ2n) is 3.68. The van der Waals surface area contributed by atoms with Gasteiger partial charge in [0.25, 0.3) is 0 Å². The van der Waals surface area contributed by atoms with Gasteiger partial charge in [0.15, 0.2) is 0 Å². The van der Waals surface area contributed by atoms with E-state index in [-0.39, 0.29) is 13.0 Å². The van der Waals surface area contributed by atoms with Gasteiger partial charge in [-0.15, -0.1) is 0 Å². The van der Waals surface area contributed by atoms with E-state index in [1.807, 2.05) is 0 Å². The summed E-state index contributed by atoms with van der Waals surface area (Å²) in [4.78, 5) is 0.958. The zero-order chi connectivity index (χ0) is 14.4. The third kappa shape index (κ3) is 2.17. The van der Waals surface area contributed by atoms with E-state index in [2.05, 4.69) is 0 Å². The van der Waals surface area contributed by atoms with Crippen LogP contribution >= 0.6 is 0 Å². The van der Waals surface area contributed by atoms with E-state index in [0.717, 1.165) is 4.90 Å². The van der Waals surface area contributed by atoms with E-state index in [0.29, 0.717) is 0 Å². The number of alkyl halides is 2. The number of piperidine rings is 1. The van der Waals surface area contributed by atoms with Crippen LogP contribution in [0.15, 0.2) is 0 Å². The number of rotatable bonds is 2. The quantitative estimate of drug-likeness (QED) is 0.720. The normalized spacial score (nSPS) is 44.7. The van der Waals surface area contributed by atoms with Gasteiger partial charge >= 0.3 is 0 Å². The molecule has 1 aliphatic heterocycles. The Morgan fingerprint density at radius 2 is 2.54 bits per heavy atom. The molecule has 1 saturated heterocycles. The molecule has 2 nitrogen and oxygen atoms in total. The van der Waals surface area contributed by atoms with Crippen LogP contribution in [-0.4, -0.2) is 43.1 Å². The molecule has 0 aliphatic carbocycles. The fraction of sp³-hybridized carbons (Fsp3) is 1.00. The van der Waals surface area contributed by atoms with Crippen molar-refractivity contribution in [3.8, 4) is 0 Å². The molecule has 1 heterocycles. The van der Waals surface area contributed by atoms with Crippen LogP contribution in [0.5, 0.6) is 0 Å². The van der Waals surface area contributed by atoms with Crippen LogP contribution in [0.25, 0.3) is 0 Å². The lowest BCUT2D eigenvalue weighted by Gasteiger charge is -2.43. The maximum absolute atomic E-state index is 12.9. The summed E-state index contributed by atoms with van der Waals surface area (Å²) in [6, 6.07) is 0. The summed E-state index contributed by atoms with van der Waals surface area (Å²) in [5.41, 5.74) is -1.81. The van der Waals surface area contributed by atoms with Crippen molar-refractivity contribution >= 4 is 0 Å². The van der Waals surface area contributed by atoms with E-state index < -0.39 is 37.8 Å². The molecular weight excluding hydrogens is 176 g/mol. The van der Waals surface area contributed by atoms with Gasteiger partial charge in [0.2, 0.25) is 6.43 Å². The molecule has 0 aromatic heterocycles. The van der Waals surface area contributed by atoms with Crippen molar-refractivity contribution in [3.05, 3.63) is 0 Å². The van der Waals surface area contributed by atoms with Crippen LogP contribution in [0.3, 0.4) is 0 Å². The lowest BCUT2D eigenvalue weighted by Crippen LogP contribution is -2.50. The third-order valence-corrected chi connectivity index (χ3v) is 2.61. The zero-order valence-corrected chi connectivity index (χ0v) is 7.43. The van der Waals surface area contributed by atoms with Crippen LogP contribution in [-0.2, 0) is 0 Å². The molecule has 1 aliphatic rings. The first kappa shape index (κ1) is 5.61. The first-order valence-corrected chi connectivity index (χ1v) is 4.15. The lowest BCUT2D eigenvalue weighted by molar-refractivity contribution is -0.0715. The number of halogens is 2. The maximum atomic E-state index is 12.9. The molecule has 78 valence electrons. The van der Waals surface area contributed by atoms with E-state index in [1.54, 1.807) is 0 Å². The Kier molecular flexibility index (Phi) is 1.67.